The van der Waals surface area contributed by atoms with E-state index in [9.17, 15) is 62.3 Å². The maximum Gasteiger partial charge on any atom is 0.508 e. The van der Waals surface area contributed by atoms with Crippen molar-refractivity contribution in [1.82, 2.24) is 0 Å². The van der Waals surface area contributed by atoms with Gasteiger partial charge in [0.15, 0.2) is 24.4 Å². The molecule has 30 nitrogen and oxygen atoms in total. The second kappa shape index (κ2) is 61.9. The van der Waals surface area contributed by atoms with Gasteiger partial charge in [-0.05, 0) is 12.8 Å². The number of esters is 9. The molecule has 30 heteroatoms. The van der Waals surface area contributed by atoms with Crippen molar-refractivity contribution in [3.8, 4) is 0 Å². The van der Waals surface area contributed by atoms with Crippen molar-refractivity contribution in [1.29, 1.82) is 0 Å². The molecule has 3 fully saturated rings. The highest BCUT2D eigenvalue weighted by Crippen LogP contribution is 2.08. The third-order valence-electron chi connectivity index (χ3n) is 6.65. The maximum absolute atomic E-state index is 10.9. The Bertz CT molecular complexity index is 1590. The number of methoxy groups -OCH3 is 5. The zero-order valence-electron chi connectivity index (χ0n) is 43.5. The highest BCUT2D eigenvalue weighted by Gasteiger charge is 2.27. The Kier molecular flexibility index (Phi) is 73.6. The van der Waals surface area contributed by atoms with Crippen molar-refractivity contribution in [3.63, 3.8) is 0 Å². The van der Waals surface area contributed by atoms with Gasteiger partial charge in [0.2, 0.25) is 0 Å². The Labute approximate surface area is 458 Å². The van der Waals surface area contributed by atoms with Crippen LogP contribution in [-0.4, -0.2) is 191 Å². The van der Waals surface area contributed by atoms with Gasteiger partial charge in [0.05, 0.1) is 35.5 Å². The minimum Gasteiger partial charge on any atom is -0.469 e. The first-order chi connectivity index (χ1) is 34.2. The molecule has 0 spiro atoms. The van der Waals surface area contributed by atoms with Gasteiger partial charge in [-0.15, -0.1) is 0 Å². The predicted molar refractivity (Wildman–Crippen MR) is 272 cm³/mol. The molecule has 462 valence electrons. The summed E-state index contributed by atoms with van der Waals surface area (Å²) in [4.78, 5) is 133. The fraction of sp³-hybridized carbons (Fsp3) is 0.729. The van der Waals surface area contributed by atoms with Crippen LogP contribution in [0, 0.1) is 0 Å². The summed E-state index contributed by atoms with van der Waals surface area (Å²) in [7, 11) is 6.61. The summed E-state index contributed by atoms with van der Waals surface area (Å²) in [6.07, 6.45) is -2.29. The molecule has 0 bridgehead atoms. The average molecular weight is 1150 g/mol. The Morgan fingerprint density at radius 2 is 0.692 bits per heavy atom. The van der Waals surface area contributed by atoms with Crippen LogP contribution < -0.4 is 0 Å². The number of hydrogen-bond donors (Lipinski definition) is 0. The molecule has 3 aliphatic rings. The summed E-state index contributed by atoms with van der Waals surface area (Å²) in [5, 5.41) is 0. The molecule has 3 saturated heterocycles. The molecule has 78 heavy (non-hydrogen) atoms. The first kappa shape index (κ1) is 92.9. The first-order valence-corrected chi connectivity index (χ1v) is 21.3. The second-order valence-electron chi connectivity index (χ2n) is 13.2. The third-order valence-corrected chi connectivity index (χ3v) is 6.65. The largest absolute Gasteiger partial charge is 0.508 e. The molecule has 0 N–H and O–H groups in total. The molecular formula is C48H90O30. The molecule has 0 aromatic carbocycles. The number of carbonyl (C=O) groups is 13. The predicted octanol–water partition coefficient (Wildman–Crippen LogP) is 5.98. The van der Waals surface area contributed by atoms with Crippen LogP contribution in [0.3, 0.4) is 0 Å². The fourth-order valence-electron chi connectivity index (χ4n) is 3.39. The summed E-state index contributed by atoms with van der Waals surface area (Å²) in [6, 6.07) is 0. The molecule has 0 aromatic rings. The maximum atomic E-state index is 10.9. The van der Waals surface area contributed by atoms with Crippen LogP contribution in [0.4, 0.5) is 19.2 Å². The lowest BCUT2D eigenvalue weighted by Gasteiger charge is -2.15. The van der Waals surface area contributed by atoms with E-state index in [1.807, 2.05) is 13.8 Å². The SMILES string of the molecule is C.C.C.C.C.CC(=O)OCC(COC(C)=O)OC(C)=O.CC(=O)OCC1COC(=O)O1.CC(=O)OCC1COC(=O)O1.CCCC(=O)OC.CCCC(=O)OCC1COC(=O)O1.COC(=O)OC.COC(C)=O.COC(C)=O. The highest BCUT2D eigenvalue weighted by atomic mass is 16.8. The topological polar surface area (TPSA) is 379 Å². The lowest BCUT2D eigenvalue weighted by atomic mass is 10.3. The first-order valence-electron chi connectivity index (χ1n) is 21.3. The highest BCUT2D eigenvalue weighted by molar-refractivity contribution is 5.70. The van der Waals surface area contributed by atoms with Crippen molar-refractivity contribution in [2.24, 2.45) is 0 Å². The zero-order chi connectivity index (χ0) is 57.3. The standard InChI is InChI=1S/C9H14O6.C8H12O5.2C6H8O5.C5H10O2.C3H6O3.2C3H6O2.5CH4/c1-6(10)13-4-9(15-8(3)12)5-14-7(2)11;1-2-3-7(9)11-4-6-5-12-8(10)13-6;2*1-4(7)9-2-5-3-10-6(8)11-5;1-3-4-5(6)7-2;1-5-3(4)6-2;2*1-3(4)5-2;;;;;/h9H,4-5H2,1-3H3;6H,2-5H2,1H3;2*5H,2-3H2,1H3;3-4H2,1-2H3;1-2H3;2*1-2H3;5*1H4. The van der Waals surface area contributed by atoms with Gasteiger partial charge < -0.3 is 80.5 Å². The van der Waals surface area contributed by atoms with Gasteiger partial charge in [0.25, 0.3) is 0 Å². The monoisotopic (exact) mass is 1150 g/mol. The van der Waals surface area contributed by atoms with E-state index >= 15 is 0 Å². The fourth-order valence-corrected chi connectivity index (χ4v) is 3.39. The van der Waals surface area contributed by atoms with E-state index in [0.29, 0.717) is 12.8 Å². The molecule has 3 rings (SSSR count). The molecule has 0 aliphatic carbocycles. The number of hydrogen-bond acceptors (Lipinski definition) is 30. The van der Waals surface area contributed by atoms with Crippen LogP contribution in [0.25, 0.3) is 0 Å². The van der Waals surface area contributed by atoms with Gasteiger partial charge in [0, 0.05) is 61.3 Å². The van der Waals surface area contributed by atoms with E-state index in [1.54, 1.807) is 0 Å². The molecule has 3 unspecified atom stereocenters. The molecule has 0 amide bonds. The van der Waals surface area contributed by atoms with Gasteiger partial charge in [-0.2, -0.15) is 0 Å². The van der Waals surface area contributed by atoms with Crippen LogP contribution in [0.2, 0.25) is 0 Å². The average Bonchev–Trinajstić information content (AvgIpc) is 4.09. The molecule has 0 aromatic heterocycles. The Balaban J connectivity index is -0.0000000862. The van der Waals surface area contributed by atoms with Crippen molar-refractivity contribution in [2.75, 3.05) is 88.4 Å². The van der Waals surface area contributed by atoms with Gasteiger partial charge >= 0.3 is 78.3 Å². The van der Waals surface area contributed by atoms with E-state index in [1.165, 1.54) is 84.0 Å². The van der Waals surface area contributed by atoms with Gasteiger partial charge in [-0.3, -0.25) is 43.2 Å². The van der Waals surface area contributed by atoms with Gasteiger partial charge in [-0.1, -0.05) is 51.0 Å². The summed E-state index contributed by atoms with van der Waals surface area (Å²) < 4.78 is 75.8. The van der Waals surface area contributed by atoms with Crippen LogP contribution >= 0.6 is 0 Å². The molecule has 0 radical (unpaired) electrons. The Morgan fingerprint density at radius 1 is 0.410 bits per heavy atom. The van der Waals surface area contributed by atoms with Crippen molar-refractivity contribution in [2.45, 2.75) is 150 Å². The molecule has 3 heterocycles. The van der Waals surface area contributed by atoms with E-state index < -0.39 is 78.9 Å². The van der Waals surface area contributed by atoms with Gasteiger partial charge in [0.1, 0.15) is 52.9 Å². The smallest absolute Gasteiger partial charge is 0.469 e. The Morgan fingerprint density at radius 3 is 0.872 bits per heavy atom. The number of cyclic esters (lactones) is 6. The van der Waals surface area contributed by atoms with Crippen LogP contribution in [-0.2, 0) is 124 Å². The number of rotatable bonds is 15. The number of ether oxygens (including phenoxy) is 17. The summed E-state index contributed by atoms with van der Waals surface area (Å²) in [5.41, 5.74) is 0. The Hall–Kier alpha value is -7.69. The van der Waals surface area contributed by atoms with Crippen LogP contribution in [0.5, 0.6) is 0 Å². The van der Waals surface area contributed by atoms with Crippen molar-refractivity contribution < 1.29 is 143 Å². The quantitative estimate of drug-likeness (QED) is 0.134. The lowest BCUT2D eigenvalue weighted by Crippen LogP contribution is -2.29. The summed E-state index contributed by atoms with van der Waals surface area (Å²) >= 11 is 0. The van der Waals surface area contributed by atoms with Gasteiger partial charge in [-0.25, -0.2) is 19.2 Å². The molecule has 3 aliphatic heterocycles. The van der Waals surface area contributed by atoms with Crippen molar-refractivity contribution >= 4 is 78.3 Å². The van der Waals surface area contributed by atoms with Crippen molar-refractivity contribution in [3.05, 3.63) is 0 Å². The minimum absolute atomic E-state index is 0. The third kappa shape index (κ3) is 74.8. The lowest BCUT2D eigenvalue weighted by molar-refractivity contribution is -0.163. The van der Waals surface area contributed by atoms with Crippen LogP contribution in [0.1, 0.15) is 125 Å². The number of carbonyl (C=O) groups excluding carboxylic acids is 13. The summed E-state index contributed by atoms with van der Waals surface area (Å²) in [6.45, 7) is 13.3. The van der Waals surface area contributed by atoms with Crippen LogP contribution in [0.15, 0.2) is 0 Å². The normalized spacial score (nSPS) is 13.7. The van der Waals surface area contributed by atoms with E-state index in [4.69, 9.17) is 9.47 Å². The van der Waals surface area contributed by atoms with E-state index in [2.05, 4.69) is 71.1 Å². The van der Waals surface area contributed by atoms with E-state index in [-0.39, 0.29) is 114 Å². The molecular weight excluding hydrogens is 1060 g/mol. The summed E-state index contributed by atoms with van der Waals surface area (Å²) in [5.74, 6) is -3.19. The minimum atomic E-state index is -0.754. The molecule has 3 atom stereocenters. The van der Waals surface area contributed by atoms with E-state index in [0.717, 1.165) is 12.8 Å². The second-order valence-corrected chi connectivity index (χ2v) is 13.2. The molecule has 0 saturated carbocycles. The zero-order valence-corrected chi connectivity index (χ0v) is 43.5.